The van der Waals surface area contributed by atoms with Crippen LogP contribution in [0.1, 0.15) is 18.1 Å². The summed E-state index contributed by atoms with van der Waals surface area (Å²) in [5.74, 6) is 0. The van der Waals surface area contributed by atoms with Gasteiger partial charge in [-0.25, -0.2) is 0 Å². The molecule has 19 heavy (non-hydrogen) atoms. The standard InChI is InChI=1S/C13H14N4S2/c1-8-4-5-11(6-9(8)2)15-12-16-17-13(19-12)18-10(3)7-14/h4-6,10H,1-3H3,(H,15,16). The minimum absolute atomic E-state index is 0.109. The molecule has 0 saturated heterocycles. The molecule has 0 aliphatic rings. The first-order valence-electron chi connectivity index (χ1n) is 5.82. The van der Waals surface area contributed by atoms with E-state index < -0.39 is 0 Å². The summed E-state index contributed by atoms with van der Waals surface area (Å²) in [6.07, 6.45) is 0. The molecule has 4 nitrogen and oxygen atoms in total. The number of anilines is 2. The van der Waals surface area contributed by atoms with Gasteiger partial charge in [0.1, 0.15) is 0 Å². The molecule has 0 spiro atoms. The van der Waals surface area contributed by atoms with E-state index in [1.807, 2.05) is 13.0 Å². The van der Waals surface area contributed by atoms with Crippen molar-refractivity contribution in [3.05, 3.63) is 29.3 Å². The van der Waals surface area contributed by atoms with Gasteiger partial charge in [0.15, 0.2) is 4.34 Å². The molecule has 0 radical (unpaired) electrons. The molecule has 0 aliphatic heterocycles. The molecule has 6 heteroatoms. The number of benzene rings is 1. The van der Waals surface area contributed by atoms with E-state index in [4.69, 9.17) is 5.26 Å². The fourth-order valence-corrected chi connectivity index (χ4v) is 3.23. The number of thioether (sulfide) groups is 1. The minimum Gasteiger partial charge on any atom is -0.330 e. The van der Waals surface area contributed by atoms with Gasteiger partial charge in [-0.2, -0.15) is 5.26 Å². The van der Waals surface area contributed by atoms with Gasteiger partial charge in [-0.05, 0) is 44.0 Å². The van der Waals surface area contributed by atoms with Crippen LogP contribution in [0.5, 0.6) is 0 Å². The molecule has 1 aromatic carbocycles. The van der Waals surface area contributed by atoms with Crippen LogP contribution < -0.4 is 5.32 Å². The average Bonchev–Trinajstić information content (AvgIpc) is 2.81. The van der Waals surface area contributed by atoms with E-state index in [0.29, 0.717) is 0 Å². The van der Waals surface area contributed by atoms with Gasteiger partial charge in [0.25, 0.3) is 0 Å². The Balaban J connectivity index is 2.07. The van der Waals surface area contributed by atoms with Gasteiger partial charge in [-0.1, -0.05) is 29.2 Å². The van der Waals surface area contributed by atoms with Gasteiger partial charge in [-0.15, -0.1) is 10.2 Å². The molecule has 1 N–H and O–H groups in total. The lowest BCUT2D eigenvalue weighted by Crippen LogP contribution is -1.91. The summed E-state index contributed by atoms with van der Waals surface area (Å²) < 4.78 is 0.806. The van der Waals surface area contributed by atoms with Crippen LogP contribution in [0.3, 0.4) is 0 Å². The quantitative estimate of drug-likeness (QED) is 0.865. The predicted octanol–water partition coefficient (Wildman–Crippen LogP) is 3.90. The molecule has 0 fully saturated rings. The van der Waals surface area contributed by atoms with Crippen LogP contribution in [0.4, 0.5) is 10.8 Å². The topological polar surface area (TPSA) is 61.6 Å². The Hall–Kier alpha value is -1.58. The Bertz CT molecular complexity index is 615. The highest BCUT2D eigenvalue weighted by Gasteiger charge is 2.09. The third kappa shape index (κ3) is 3.69. The Morgan fingerprint density at radius 1 is 1.32 bits per heavy atom. The third-order valence-corrected chi connectivity index (χ3v) is 4.54. The number of aryl methyl sites for hydroxylation is 2. The lowest BCUT2D eigenvalue weighted by molar-refractivity contribution is 1.01. The van der Waals surface area contributed by atoms with Crippen LogP contribution in [0.15, 0.2) is 22.5 Å². The van der Waals surface area contributed by atoms with Crippen LogP contribution in [0.2, 0.25) is 0 Å². The highest BCUT2D eigenvalue weighted by molar-refractivity contribution is 8.01. The van der Waals surface area contributed by atoms with Crippen molar-refractivity contribution >= 4 is 33.9 Å². The third-order valence-electron chi connectivity index (χ3n) is 2.62. The van der Waals surface area contributed by atoms with Crippen LogP contribution in [-0.2, 0) is 0 Å². The Labute approximate surface area is 120 Å². The molecule has 1 aromatic heterocycles. The van der Waals surface area contributed by atoms with Gasteiger partial charge in [0, 0.05) is 5.69 Å². The summed E-state index contributed by atoms with van der Waals surface area (Å²) >= 11 is 2.88. The van der Waals surface area contributed by atoms with E-state index in [1.165, 1.54) is 34.2 Å². The summed E-state index contributed by atoms with van der Waals surface area (Å²) in [4.78, 5) is 0. The summed E-state index contributed by atoms with van der Waals surface area (Å²) in [5, 5.41) is 20.8. The number of hydrogen-bond acceptors (Lipinski definition) is 6. The van der Waals surface area contributed by atoms with Crippen molar-refractivity contribution in [3.8, 4) is 6.07 Å². The number of nitrogens with zero attached hydrogens (tertiary/aromatic N) is 3. The second kappa shape index (κ2) is 6.04. The summed E-state index contributed by atoms with van der Waals surface area (Å²) in [6.45, 7) is 6.01. The highest BCUT2D eigenvalue weighted by atomic mass is 32.2. The molecule has 1 unspecified atom stereocenters. The number of aromatic nitrogens is 2. The van der Waals surface area contributed by atoms with E-state index in [0.717, 1.165) is 15.2 Å². The molecule has 2 aromatic rings. The average molecular weight is 290 g/mol. The summed E-state index contributed by atoms with van der Waals surface area (Å²) in [7, 11) is 0. The maximum Gasteiger partial charge on any atom is 0.210 e. The molecule has 2 rings (SSSR count). The van der Waals surface area contributed by atoms with Gasteiger partial charge in [0.05, 0.1) is 11.3 Å². The second-order valence-corrected chi connectivity index (χ2v) is 6.75. The molecular weight excluding hydrogens is 276 g/mol. The van der Waals surface area contributed by atoms with E-state index in [9.17, 15) is 0 Å². The predicted molar refractivity (Wildman–Crippen MR) is 80.0 cm³/mol. The van der Waals surface area contributed by atoms with Crippen LogP contribution in [0, 0.1) is 25.2 Å². The zero-order valence-corrected chi connectivity index (χ0v) is 12.6. The first-order chi connectivity index (χ1) is 9.08. The van der Waals surface area contributed by atoms with Gasteiger partial charge < -0.3 is 5.32 Å². The number of nitriles is 1. The molecule has 1 heterocycles. The van der Waals surface area contributed by atoms with E-state index in [1.54, 1.807) is 0 Å². The van der Waals surface area contributed by atoms with Gasteiger partial charge in [0.2, 0.25) is 5.13 Å². The van der Waals surface area contributed by atoms with Gasteiger partial charge in [-0.3, -0.25) is 0 Å². The number of hydrogen-bond donors (Lipinski definition) is 1. The van der Waals surface area contributed by atoms with Gasteiger partial charge >= 0.3 is 0 Å². The molecule has 98 valence electrons. The molecular formula is C13H14N4S2. The summed E-state index contributed by atoms with van der Waals surface area (Å²) in [5.41, 5.74) is 3.51. The molecule has 1 atom stereocenters. The van der Waals surface area contributed by atoms with Crippen molar-refractivity contribution in [1.82, 2.24) is 10.2 Å². The zero-order valence-electron chi connectivity index (χ0n) is 11.0. The summed E-state index contributed by atoms with van der Waals surface area (Å²) in [6, 6.07) is 8.35. The van der Waals surface area contributed by atoms with Crippen molar-refractivity contribution in [2.45, 2.75) is 30.4 Å². The SMILES string of the molecule is Cc1ccc(Nc2nnc(SC(C)C#N)s2)cc1C. The van der Waals surface area contributed by atoms with E-state index >= 15 is 0 Å². The van der Waals surface area contributed by atoms with Crippen LogP contribution in [-0.4, -0.2) is 15.4 Å². The fourth-order valence-electron chi connectivity index (χ4n) is 1.43. The van der Waals surface area contributed by atoms with Crippen molar-refractivity contribution < 1.29 is 0 Å². The second-order valence-electron chi connectivity index (χ2n) is 4.19. The molecule has 0 amide bonds. The first-order valence-corrected chi connectivity index (χ1v) is 7.52. The molecule has 0 aliphatic carbocycles. The zero-order chi connectivity index (χ0) is 13.8. The lowest BCUT2D eigenvalue weighted by atomic mass is 10.1. The highest BCUT2D eigenvalue weighted by Crippen LogP contribution is 2.30. The fraction of sp³-hybridized carbons (Fsp3) is 0.308. The van der Waals surface area contributed by atoms with Crippen molar-refractivity contribution in [3.63, 3.8) is 0 Å². The van der Waals surface area contributed by atoms with E-state index in [-0.39, 0.29) is 5.25 Å². The first kappa shape index (κ1) is 13.8. The lowest BCUT2D eigenvalue weighted by Gasteiger charge is -2.05. The van der Waals surface area contributed by atoms with Crippen LogP contribution >= 0.6 is 23.1 Å². The monoisotopic (exact) mass is 290 g/mol. The number of nitrogens with one attached hydrogen (secondary N) is 1. The Kier molecular flexibility index (Phi) is 4.40. The minimum atomic E-state index is -0.109. The smallest absolute Gasteiger partial charge is 0.210 e. The van der Waals surface area contributed by atoms with Crippen molar-refractivity contribution in [1.29, 1.82) is 5.26 Å². The molecule has 0 saturated carbocycles. The van der Waals surface area contributed by atoms with Crippen LogP contribution in [0.25, 0.3) is 0 Å². The van der Waals surface area contributed by atoms with Crippen molar-refractivity contribution in [2.24, 2.45) is 0 Å². The normalized spacial score (nSPS) is 11.9. The molecule has 0 bridgehead atoms. The maximum absolute atomic E-state index is 8.76. The van der Waals surface area contributed by atoms with Crippen molar-refractivity contribution in [2.75, 3.05) is 5.32 Å². The Morgan fingerprint density at radius 2 is 2.11 bits per heavy atom. The largest absolute Gasteiger partial charge is 0.330 e. The Morgan fingerprint density at radius 3 is 2.79 bits per heavy atom. The number of rotatable bonds is 4. The van der Waals surface area contributed by atoms with E-state index in [2.05, 4.69) is 47.6 Å². The maximum atomic E-state index is 8.76.